The van der Waals surface area contributed by atoms with Crippen LogP contribution in [0.3, 0.4) is 0 Å². The second-order valence-corrected chi connectivity index (χ2v) is 7.49. The van der Waals surface area contributed by atoms with Crippen LogP contribution >= 0.6 is 0 Å². The summed E-state index contributed by atoms with van der Waals surface area (Å²) in [5.41, 5.74) is 2.64. The number of nitrogens with zero attached hydrogens (tertiary/aromatic N) is 1. The molecule has 2 aromatic carbocycles. The summed E-state index contributed by atoms with van der Waals surface area (Å²) in [4.78, 5) is 27.2. The van der Waals surface area contributed by atoms with E-state index in [1.54, 1.807) is 24.0 Å². The maximum Gasteiger partial charge on any atom is 0.305 e. The lowest BCUT2D eigenvalue weighted by atomic mass is 9.79. The summed E-state index contributed by atoms with van der Waals surface area (Å²) in [5.74, 6) is -0.683. The van der Waals surface area contributed by atoms with Crippen LogP contribution in [0.15, 0.2) is 60.2 Å². The van der Waals surface area contributed by atoms with Crippen molar-refractivity contribution in [1.29, 1.82) is 0 Å². The first kappa shape index (κ1) is 20.8. The van der Waals surface area contributed by atoms with Crippen molar-refractivity contribution in [1.82, 2.24) is 4.90 Å². The zero-order valence-corrected chi connectivity index (χ0v) is 17.1. The summed E-state index contributed by atoms with van der Waals surface area (Å²) >= 11 is 0. The first-order valence-electron chi connectivity index (χ1n) is 9.85. The van der Waals surface area contributed by atoms with E-state index in [0.717, 1.165) is 22.4 Å². The van der Waals surface area contributed by atoms with Crippen molar-refractivity contribution in [3.05, 3.63) is 77.1 Å². The van der Waals surface area contributed by atoms with E-state index in [1.807, 2.05) is 44.2 Å². The van der Waals surface area contributed by atoms with Gasteiger partial charge in [0, 0.05) is 6.42 Å². The molecule has 29 heavy (non-hydrogen) atoms. The van der Waals surface area contributed by atoms with E-state index in [-0.39, 0.29) is 24.1 Å². The molecular formula is C24H26FNO3. The highest BCUT2D eigenvalue weighted by atomic mass is 19.1. The molecule has 0 radical (unpaired) electrons. The first-order valence-corrected chi connectivity index (χ1v) is 9.85. The first-order chi connectivity index (χ1) is 13.9. The van der Waals surface area contributed by atoms with Gasteiger partial charge in [-0.15, -0.1) is 0 Å². The maximum atomic E-state index is 13.5. The quantitative estimate of drug-likeness (QED) is 0.623. The van der Waals surface area contributed by atoms with Crippen molar-refractivity contribution in [3.63, 3.8) is 0 Å². The third-order valence-electron chi connectivity index (χ3n) is 5.61. The minimum Gasteiger partial charge on any atom is -0.466 e. The van der Waals surface area contributed by atoms with Gasteiger partial charge in [-0.25, -0.2) is 4.39 Å². The van der Waals surface area contributed by atoms with Crippen LogP contribution in [0.4, 0.5) is 4.39 Å². The minimum atomic E-state index is -0.814. The highest BCUT2D eigenvalue weighted by molar-refractivity contribution is 6.00. The van der Waals surface area contributed by atoms with E-state index < -0.39 is 5.41 Å². The molecule has 0 fully saturated rings. The fraction of sp³-hybridized carbons (Fsp3) is 0.333. The number of amides is 1. The van der Waals surface area contributed by atoms with E-state index >= 15 is 0 Å². The van der Waals surface area contributed by atoms with E-state index in [9.17, 15) is 14.0 Å². The molecule has 0 spiro atoms. The molecule has 4 nitrogen and oxygen atoms in total. The second kappa shape index (κ2) is 8.60. The van der Waals surface area contributed by atoms with Gasteiger partial charge in [-0.1, -0.05) is 30.3 Å². The van der Waals surface area contributed by atoms with Crippen LogP contribution in [-0.2, 0) is 20.9 Å². The summed E-state index contributed by atoms with van der Waals surface area (Å²) in [6.45, 7) is 6.29. The van der Waals surface area contributed by atoms with Crippen LogP contribution < -0.4 is 0 Å². The Hall–Kier alpha value is -2.95. The Balaban J connectivity index is 1.99. The third kappa shape index (κ3) is 4.24. The van der Waals surface area contributed by atoms with Crippen molar-refractivity contribution in [2.24, 2.45) is 5.41 Å². The predicted octanol–water partition coefficient (Wildman–Crippen LogP) is 4.95. The van der Waals surface area contributed by atoms with Crippen LogP contribution in [0.2, 0.25) is 0 Å². The van der Waals surface area contributed by atoms with Gasteiger partial charge in [0.25, 0.3) is 0 Å². The van der Waals surface area contributed by atoms with Crippen LogP contribution in [0.1, 0.15) is 44.7 Å². The van der Waals surface area contributed by atoms with Gasteiger partial charge in [0.15, 0.2) is 0 Å². The van der Waals surface area contributed by atoms with E-state index in [0.29, 0.717) is 19.6 Å². The Morgan fingerprint density at radius 3 is 2.38 bits per heavy atom. The SMILES string of the molecule is CCOC(=O)CCC1(C)C(=O)N(Cc2ccccc2)C(c2ccc(F)cc2)=C1C. The molecule has 0 saturated heterocycles. The number of rotatable bonds is 7. The molecular weight excluding hydrogens is 369 g/mol. The Kier molecular flexibility index (Phi) is 6.16. The van der Waals surface area contributed by atoms with Crippen LogP contribution in [0.25, 0.3) is 5.70 Å². The average molecular weight is 395 g/mol. The topological polar surface area (TPSA) is 46.6 Å². The summed E-state index contributed by atoms with van der Waals surface area (Å²) in [5, 5.41) is 0. The van der Waals surface area contributed by atoms with Crippen LogP contribution in [0, 0.1) is 11.2 Å². The van der Waals surface area contributed by atoms with E-state index in [1.165, 1.54) is 12.1 Å². The lowest BCUT2D eigenvalue weighted by Gasteiger charge is -2.26. The number of carbonyl (C=O) groups excluding carboxylic acids is 2. The van der Waals surface area contributed by atoms with Crippen LogP contribution in [0.5, 0.6) is 0 Å². The number of ether oxygens (including phenoxy) is 1. The second-order valence-electron chi connectivity index (χ2n) is 7.49. The highest BCUT2D eigenvalue weighted by Crippen LogP contribution is 2.47. The van der Waals surface area contributed by atoms with E-state index in [2.05, 4.69) is 0 Å². The molecule has 5 heteroatoms. The molecule has 0 aliphatic carbocycles. The molecule has 1 aliphatic heterocycles. The minimum absolute atomic E-state index is 0.0533. The van der Waals surface area contributed by atoms with Crippen molar-refractivity contribution < 1.29 is 18.7 Å². The average Bonchev–Trinajstić information content (AvgIpc) is 2.90. The van der Waals surface area contributed by atoms with Gasteiger partial charge in [0.05, 0.1) is 24.3 Å². The Bertz CT molecular complexity index is 921. The zero-order valence-electron chi connectivity index (χ0n) is 17.1. The van der Waals surface area contributed by atoms with Gasteiger partial charge in [0.1, 0.15) is 5.82 Å². The third-order valence-corrected chi connectivity index (χ3v) is 5.61. The molecule has 0 saturated carbocycles. The normalized spacial score (nSPS) is 19.0. The molecule has 0 aromatic heterocycles. The van der Waals surface area contributed by atoms with Crippen LogP contribution in [-0.4, -0.2) is 23.4 Å². The largest absolute Gasteiger partial charge is 0.466 e. The van der Waals surface area contributed by atoms with Gasteiger partial charge < -0.3 is 9.64 Å². The summed E-state index contributed by atoms with van der Waals surface area (Å²) in [6.07, 6.45) is 0.537. The summed E-state index contributed by atoms with van der Waals surface area (Å²) < 4.78 is 18.5. The van der Waals surface area contributed by atoms with Crippen molar-refractivity contribution in [3.8, 4) is 0 Å². The highest BCUT2D eigenvalue weighted by Gasteiger charge is 2.47. The molecule has 0 N–H and O–H groups in total. The monoisotopic (exact) mass is 395 g/mol. The summed E-state index contributed by atoms with van der Waals surface area (Å²) in [7, 11) is 0. The van der Waals surface area contributed by atoms with Crippen molar-refractivity contribution >= 4 is 17.6 Å². The predicted molar refractivity (Wildman–Crippen MR) is 110 cm³/mol. The molecule has 1 heterocycles. The fourth-order valence-electron chi connectivity index (χ4n) is 3.80. The smallest absolute Gasteiger partial charge is 0.305 e. The number of carbonyl (C=O) groups is 2. The number of hydrogen-bond donors (Lipinski definition) is 0. The number of halogens is 1. The van der Waals surface area contributed by atoms with Gasteiger partial charge in [0.2, 0.25) is 5.91 Å². The molecule has 1 aliphatic rings. The standard InChI is InChI=1S/C24H26FNO3/c1-4-29-21(27)14-15-24(3)17(2)22(19-10-12-20(25)13-11-19)26(23(24)28)16-18-8-6-5-7-9-18/h5-13H,4,14-16H2,1-3H3. The lowest BCUT2D eigenvalue weighted by Crippen LogP contribution is -2.35. The number of benzene rings is 2. The summed E-state index contributed by atoms with van der Waals surface area (Å²) in [6, 6.07) is 15.9. The molecule has 1 atom stereocenters. The molecule has 0 bridgehead atoms. The molecule has 3 rings (SSSR count). The Morgan fingerprint density at radius 1 is 1.10 bits per heavy atom. The van der Waals surface area contributed by atoms with Gasteiger partial charge >= 0.3 is 5.97 Å². The Labute approximate surface area is 171 Å². The maximum absolute atomic E-state index is 13.5. The molecule has 1 unspecified atom stereocenters. The molecule has 2 aromatic rings. The van der Waals surface area contributed by atoms with Crippen molar-refractivity contribution in [2.75, 3.05) is 6.61 Å². The number of hydrogen-bond acceptors (Lipinski definition) is 3. The van der Waals surface area contributed by atoms with Gasteiger partial charge in [-0.05, 0) is 68.2 Å². The molecule has 152 valence electrons. The van der Waals surface area contributed by atoms with Gasteiger partial charge in [-0.3, -0.25) is 9.59 Å². The van der Waals surface area contributed by atoms with Crippen molar-refractivity contribution in [2.45, 2.75) is 40.2 Å². The van der Waals surface area contributed by atoms with Gasteiger partial charge in [-0.2, -0.15) is 0 Å². The zero-order chi connectivity index (χ0) is 21.0. The van der Waals surface area contributed by atoms with E-state index in [4.69, 9.17) is 4.74 Å². The fourth-order valence-corrected chi connectivity index (χ4v) is 3.80. The lowest BCUT2D eigenvalue weighted by molar-refractivity contribution is -0.144. The molecule has 1 amide bonds. The number of esters is 1. The Morgan fingerprint density at radius 2 is 1.76 bits per heavy atom.